The Labute approximate surface area is 169 Å². The van der Waals surface area contributed by atoms with Gasteiger partial charge >= 0.3 is 0 Å². The summed E-state index contributed by atoms with van der Waals surface area (Å²) in [6.45, 7) is 1.50. The molecule has 160 valence electrons. The maximum Gasteiger partial charge on any atom is 0.222 e. The topological polar surface area (TPSA) is 81.1 Å². The molecule has 4 unspecified atom stereocenters. The minimum absolute atomic E-state index is 0.0161. The van der Waals surface area contributed by atoms with E-state index in [-0.39, 0.29) is 30.4 Å². The van der Waals surface area contributed by atoms with Crippen molar-refractivity contribution < 1.29 is 19.8 Å². The molecule has 2 amide bonds. The van der Waals surface area contributed by atoms with E-state index >= 15 is 0 Å². The SMILES string of the molecule is CN(CC1(CN(C)C(=O)CCCO)CCC2C3CCC(C3)C21)C(=O)CCCO. The summed E-state index contributed by atoms with van der Waals surface area (Å²) in [4.78, 5) is 28.8. The summed E-state index contributed by atoms with van der Waals surface area (Å²) in [7, 11) is 3.77. The van der Waals surface area contributed by atoms with Gasteiger partial charge < -0.3 is 20.0 Å². The van der Waals surface area contributed by atoms with Crippen molar-refractivity contribution in [1.29, 1.82) is 0 Å². The molecule has 6 heteroatoms. The monoisotopic (exact) mass is 394 g/mol. The first kappa shape index (κ1) is 21.6. The van der Waals surface area contributed by atoms with E-state index in [0.29, 0.717) is 44.7 Å². The molecule has 0 aromatic rings. The molecule has 6 nitrogen and oxygen atoms in total. The number of hydrogen-bond donors (Lipinski definition) is 2. The average molecular weight is 395 g/mol. The fraction of sp³-hybridized carbons (Fsp3) is 0.909. The van der Waals surface area contributed by atoms with Gasteiger partial charge in [0.05, 0.1) is 0 Å². The number of aliphatic hydroxyl groups is 2. The van der Waals surface area contributed by atoms with Crippen LogP contribution in [-0.4, -0.2) is 72.2 Å². The van der Waals surface area contributed by atoms with Crippen molar-refractivity contribution in [2.24, 2.45) is 29.1 Å². The van der Waals surface area contributed by atoms with Crippen molar-refractivity contribution in [2.45, 2.75) is 57.8 Å². The van der Waals surface area contributed by atoms with E-state index < -0.39 is 0 Å². The van der Waals surface area contributed by atoms with Crippen molar-refractivity contribution in [1.82, 2.24) is 9.80 Å². The van der Waals surface area contributed by atoms with Gasteiger partial charge in [0.25, 0.3) is 0 Å². The maximum atomic E-state index is 12.6. The maximum absolute atomic E-state index is 12.6. The van der Waals surface area contributed by atoms with E-state index in [0.717, 1.165) is 24.2 Å². The van der Waals surface area contributed by atoms with Crippen molar-refractivity contribution >= 4 is 11.8 Å². The van der Waals surface area contributed by atoms with Gasteiger partial charge in [-0.15, -0.1) is 0 Å². The third kappa shape index (κ3) is 4.23. The molecule has 2 bridgehead atoms. The summed E-state index contributed by atoms with van der Waals surface area (Å²) in [6.07, 6.45) is 8.09. The van der Waals surface area contributed by atoms with Gasteiger partial charge in [0.2, 0.25) is 11.8 Å². The molecule has 2 N–H and O–H groups in total. The molecule has 28 heavy (non-hydrogen) atoms. The molecule has 3 aliphatic rings. The molecule has 3 saturated carbocycles. The highest BCUT2D eigenvalue weighted by molar-refractivity contribution is 5.76. The van der Waals surface area contributed by atoms with Crippen LogP contribution in [0.25, 0.3) is 0 Å². The zero-order chi connectivity index (χ0) is 20.3. The smallest absolute Gasteiger partial charge is 0.222 e. The van der Waals surface area contributed by atoms with Crippen molar-refractivity contribution in [2.75, 3.05) is 40.4 Å². The van der Waals surface area contributed by atoms with Gasteiger partial charge in [-0.2, -0.15) is 0 Å². The zero-order valence-electron chi connectivity index (χ0n) is 17.6. The molecule has 0 spiro atoms. The van der Waals surface area contributed by atoms with Gasteiger partial charge in [0, 0.05) is 58.7 Å². The van der Waals surface area contributed by atoms with Crippen LogP contribution in [0.15, 0.2) is 0 Å². The lowest BCUT2D eigenvalue weighted by atomic mass is 9.68. The van der Waals surface area contributed by atoms with E-state index in [1.54, 1.807) is 0 Å². The third-order valence-corrected chi connectivity index (χ3v) is 7.82. The van der Waals surface area contributed by atoms with Crippen LogP contribution in [0.2, 0.25) is 0 Å². The number of amides is 2. The van der Waals surface area contributed by atoms with E-state index in [4.69, 9.17) is 10.2 Å². The molecule has 4 atom stereocenters. The first-order chi connectivity index (χ1) is 13.4. The lowest BCUT2D eigenvalue weighted by molar-refractivity contribution is -0.135. The summed E-state index contributed by atoms with van der Waals surface area (Å²) in [5.74, 6) is 3.17. The van der Waals surface area contributed by atoms with Gasteiger partial charge in [-0.05, 0) is 68.6 Å². The molecular formula is C22H38N2O4. The summed E-state index contributed by atoms with van der Waals surface area (Å²) in [6, 6.07) is 0. The van der Waals surface area contributed by atoms with Crippen LogP contribution in [0.5, 0.6) is 0 Å². The lowest BCUT2D eigenvalue weighted by Gasteiger charge is -2.44. The van der Waals surface area contributed by atoms with E-state index in [1.807, 2.05) is 23.9 Å². The quantitative estimate of drug-likeness (QED) is 0.593. The highest BCUT2D eigenvalue weighted by atomic mass is 16.3. The predicted molar refractivity (Wildman–Crippen MR) is 107 cm³/mol. The molecule has 0 heterocycles. The molecule has 0 aromatic carbocycles. The summed E-state index contributed by atoms with van der Waals surface area (Å²) >= 11 is 0. The second-order valence-corrected chi connectivity index (χ2v) is 9.58. The van der Waals surface area contributed by atoms with E-state index in [2.05, 4.69) is 0 Å². The average Bonchev–Trinajstić information content (AvgIpc) is 3.38. The van der Waals surface area contributed by atoms with Crippen LogP contribution in [-0.2, 0) is 9.59 Å². The molecular weight excluding hydrogens is 356 g/mol. The number of carbonyl (C=O) groups is 2. The number of carbonyl (C=O) groups excluding carboxylic acids is 2. The highest BCUT2D eigenvalue weighted by Crippen LogP contribution is 2.65. The van der Waals surface area contributed by atoms with Gasteiger partial charge in [0.15, 0.2) is 0 Å². The number of nitrogens with zero attached hydrogens (tertiary/aromatic N) is 2. The number of aliphatic hydroxyl groups excluding tert-OH is 2. The Kier molecular flexibility index (Phi) is 7.02. The Hall–Kier alpha value is -1.14. The summed E-state index contributed by atoms with van der Waals surface area (Å²) < 4.78 is 0. The highest BCUT2D eigenvalue weighted by Gasteiger charge is 2.60. The Morgan fingerprint density at radius 2 is 1.43 bits per heavy atom. The fourth-order valence-electron chi connectivity index (χ4n) is 6.78. The minimum Gasteiger partial charge on any atom is -0.396 e. The number of fused-ring (bicyclic) bond motifs is 5. The van der Waals surface area contributed by atoms with Crippen LogP contribution in [0.3, 0.4) is 0 Å². The fourth-order valence-corrected chi connectivity index (χ4v) is 6.78. The third-order valence-electron chi connectivity index (χ3n) is 7.82. The molecule has 0 saturated heterocycles. The van der Waals surface area contributed by atoms with Crippen LogP contribution >= 0.6 is 0 Å². The first-order valence-corrected chi connectivity index (χ1v) is 11.1. The number of hydrogen-bond acceptors (Lipinski definition) is 4. The van der Waals surface area contributed by atoms with Crippen LogP contribution in [0.4, 0.5) is 0 Å². The largest absolute Gasteiger partial charge is 0.396 e. The van der Waals surface area contributed by atoms with Crippen molar-refractivity contribution in [3.05, 3.63) is 0 Å². The molecule has 0 aliphatic heterocycles. The van der Waals surface area contributed by atoms with Crippen LogP contribution in [0, 0.1) is 29.1 Å². The summed E-state index contributed by atoms with van der Waals surface area (Å²) in [5.41, 5.74) is -0.0161. The van der Waals surface area contributed by atoms with Crippen molar-refractivity contribution in [3.63, 3.8) is 0 Å². The standard InChI is InChI=1S/C22H38N2O4/c1-23(19(27)5-3-11-25)14-22(15-24(2)20(28)6-4-12-26)10-9-18-16-7-8-17(13-16)21(18)22/h16-18,21,25-26H,3-15H2,1-2H3. The first-order valence-electron chi connectivity index (χ1n) is 11.1. The predicted octanol–water partition coefficient (Wildman–Crippen LogP) is 1.89. The second-order valence-electron chi connectivity index (χ2n) is 9.58. The normalized spacial score (nSPS) is 29.7. The van der Waals surface area contributed by atoms with Crippen LogP contribution in [0.1, 0.15) is 57.8 Å². The number of rotatable bonds is 10. The van der Waals surface area contributed by atoms with Gasteiger partial charge in [-0.25, -0.2) is 0 Å². The van der Waals surface area contributed by atoms with Gasteiger partial charge in [-0.1, -0.05) is 0 Å². The molecule has 3 fully saturated rings. The molecule has 0 aromatic heterocycles. The Bertz CT molecular complexity index is 539. The Morgan fingerprint density at radius 1 is 0.893 bits per heavy atom. The Morgan fingerprint density at radius 3 is 1.96 bits per heavy atom. The Balaban J connectivity index is 1.75. The second kappa shape index (κ2) is 9.12. The molecule has 3 rings (SSSR count). The zero-order valence-corrected chi connectivity index (χ0v) is 17.6. The van der Waals surface area contributed by atoms with Crippen LogP contribution < -0.4 is 0 Å². The minimum atomic E-state index is -0.0161. The van der Waals surface area contributed by atoms with E-state index in [9.17, 15) is 9.59 Å². The van der Waals surface area contributed by atoms with Crippen molar-refractivity contribution in [3.8, 4) is 0 Å². The molecule has 3 aliphatic carbocycles. The molecule has 0 radical (unpaired) electrons. The van der Waals surface area contributed by atoms with Gasteiger partial charge in [-0.3, -0.25) is 9.59 Å². The van der Waals surface area contributed by atoms with E-state index in [1.165, 1.54) is 25.7 Å². The lowest BCUT2D eigenvalue weighted by Crippen LogP contribution is -2.50. The summed E-state index contributed by atoms with van der Waals surface area (Å²) in [5, 5.41) is 18.1. The van der Waals surface area contributed by atoms with Gasteiger partial charge in [0.1, 0.15) is 0 Å².